The summed E-state index contributed by atoms with van der Waals surface area (Å²) in [5, 5.41) is 27.1. The van der Waals surface area contributed by atoms with Crippen LogP contribution >= 0.6 is 8.25 Å². The maximum atomic E-state index is 10.8. The number of hydrogen-bond acceptors (Lipinski definition) is 4. The first-order valence-electron chi connectivity index (χ1n) is 14.3. The molecule has 1 aliphatic rings. The standard InChI is InChI=1S/C16H16O2.C16H14.2C2H6.Na.HO3P.H/c1-15(17)11-7-3-5-9-13(11)16(2,18)14-10-6-4-8-12(14)15;1-11-13-7-3-5-9-15(13)12(2)16-10-6-4-8-14(11)16;2*1-2;;1-4(2)3;/h3-10,17-18H,1-2H3;3-10H,1-2H3;2*1-2H3;;(H,1,2,3);/q;;;;+1;;-1. The van der Waals surface area contributed by atoms with Crippen molar-refractivity contribution in [2.75, 3.05) is 0 Å². The number of aryl methyl sites for hydroxylation is 2. The predicted molar refractivity (Wildman–Crippen MR) is 175 cm³/mol. The third-order valence-electron chi connectivity index (χ3n) is 7.42. The fraction of sp³-hybridized carbons (Fsp3) is 0.278. The molecule has 0 aromatic heterocycles. The van der Waals surface area contributed by atoms with Crippen molar-refractivity contribution in [2.45, 2.75) is 66.6 Å². The number of fused-ring (bicyclic) bond motifs is 4. The summed E-state index contributed by atoms with van der Waals surface area (Å²) < 4.78 is 8.59. The van der Waals surface area contributed by atoms with Crippen LogP contribution in [0, 0.1) is 13.8 Å². The van der Waals surface area contributed by atoms with Gasteiger partial charge in [-0.2, -0.15) is 4.89 Å². The van der Waals surface area contributed by atoms with Gasteiger partial charge in [0, 0.05) is 0 Å². The van der Waals surface area contributed by atoms with E-state index in [1.807, 2.05) is 76.2 Å². The zero-order chi connectivity index (χ0) is 31.7. The van der Waals surface area contributed by atoms with Crippen molar-refractivity contribution in [3.8, 4) is 0 Å². The Bertz CT molecular complexity index is 1430. The van der Waals surface area contributed by atoms with E-state index in [9.17, 15) is 10.2 Å². The second-order valence-electron chi connectivity index (χ2n) is 9.81. The zero-order valence-corrected chi connectivity index (χ0v) is 29.7. The van der Waals surface area contributed by atoms with Crippen LogP contribution in [-0.4, -0.2) is 15.1 Å². The van der Waals surface area contributed by atoms with Crippen molar-refractivity contribution in [3.05, 3.63) is 130 Å². The Morgan fingerprint density at radius 3 is 0.907 bits per heavy atom. The number of benzene rings is 5. The average Bonchev–Trinajstić information content (AvgIpc) is 3.01. The first kappa shape index (κ1) is 38.6. The normalized spacial score (nSPS) is 17.8. The van der Waals surface area contributed by atoms with E-state index in [4.69, 9.17) is 14.4 Å². The Hall–Kier alpha value is -2.44. The van der Waals surface area contributed by atoms with Crippen LogP contribution in [-0.2, 0) is 15.8 Å². The van der Waals surface area contributed by atoms with E-state index >= 15 is 0 Å². The van der Waals surface area contributed by atoms with E-state index in [0.29, 0.717) is 0 Å². The zero-order valence-electron chi connectivity index (χ0n) is 27.8. The Morgan fingerprint density at radius 1 is 0.558 bits per heavy atom. The molecule has 0 amide bonds. The van der Waals surface area contributed by atoms with E-state index in [2.05, 4.69) is 62.4 Å². The molecule has 5 nitrogen and oxygen atoms in total. The molecule has 7 heteroatoms. The molecule has 3 N–H and O–H groups in total. The molecule has 0 radical (unpaired) electrons. The summed E-state index contributed by atoms with van der Waals surface area (Å²) in [7, 11) is -3.12. The van der Waals surface area contributed by atoms with Gasteiger partial charge in [-0.1, -0.05) is 125 Å². The summed E-state index contributed by atoms with van der Waals surface area (Å²) in [6.45, 7) is 16.0. The fourth-order valence-corrected chi connectivity index (χ4v) is 5.52. The van der Waals surface area contributed by atoms with Gasteiger partial charge in [0.25, 0.3) is 0 Å². The molecule has 5 aromatic rings. The van der Waals surface area contributed by atoms with Gasteiger partial charge < -0.3 is 16.5 Å². The van der Waals surface area contributed by atoms with Crippen molar-refractivity contribution < 1.29 is 55.5 Å². The molecule has 224 valence electrons. The molecule has 5 aromatic carbocycles. The summed E-state index contributed by atoms with van der Waals surface area (Å²) in [4.78, 5) is 15.6. The van der Waals surface area contributed by atoms with Crippen molar-refractivity contribution in [2.24, 2.45) is 0 Å². The molecule has 0 saturated heterocycles. The number of hydrogen-bond donors (Lipinski definition) is 3. The summed E-state index contributed by atoms with van der Waals surface area (Å²) >= 11 is 0. The van der Waals surface area contributed by atoms with E-state index < -0.39 is 19.5 Å². The van der Waals surface area contributed by atoms with E-state index in [-0.39, 0.29) is 31.0 Å². The number of aliphatic hydroxyl groups is 2. The predicted octanol–water partition coefficient (Wildman–Crippen LogP) is 5.29. The Kier molecular flexibility index (Phi) is 15.4. The van der Waals surface area contributed by atoms with Crippen LogP contribution in [0.15, 0.2) is 97.1 Å². The second-order valence-corrected chi connectivity index (χ2v) is 10.3. The minimum absolute atomic E-state index is 0. The molecule has 6 rings (SSSR count). The van der Waals surface area contributed by atoms with Gasteiger partial charge in [-0.25, -0.2) is 0 Å². The third kappa shape index (κ3) is 8.39. The Morgan fingerprint density at radius 2 is 0.721 bits per heavy atom. The van der Waals surface area contributed by atoms with Gasteiger partial charge in [-0.05, 0) is 87.2 Å². The summed E-state index contributed by atoms with van der Waals surface area (Å²) in [5.74, 6) is 0. The molecule has 1 unspecified atom stereocenters. The van der Waals surface area contributed by atoms with Crippen molar-refractivity contribution in [1.29, 1.82) is 0 Å². The van der Waals surface area contributed by atoms with Crippen molar-refractivity contribution in [1.82, 2.24) is 0 Å². The van der Waals surface area contributed by atoms with E-state index in [1.165, 1.54) is 32.7 Å². The molecular formula is C36H44NaO5P. The summed E-state index contributed by atoms with van der Waals surface area (Å²) in [6, 6.07) is 32.4. The van der Waals surface area contributed by atoms with Gasteiger partial charge >= 0.3 is 37.8 Å². The van der Waals surface area contributed by atoms with Crippen molar-refractivity contribution in [3.63, 3.8) is 0 Å². The summed E-state index contributed by atoms with van der Waals surface area (Å²) in [6.07, 6.45) is 0. The minimum Gasteiger partial charge on any atom is -1.00 e. The minimum atomic E-state index is -3.12. The molecule has 1 aliphatic carbocycles. The average molecular weight is 611 g/mol. The van der Waals surface area contributed by atoms with Crippen LogP contribution in [0.5, 0.6) is 0 Å². The quantitative estimate of drug-likeness (QED) is 0.126. The fourth-order valence-electron chi connectivity index (χ4n) is 5.52. The first-order chi connectivity index (χ1) is 20.0. The first-order valence-corrected chi connectivity index (χ1v) is 15.5. The number of rotatable bonds is 0. The van der Waals surface area contributed by atoms with Gasteiger partial charge in [0.15, 0.2) is 0 Å². The molecule has 0 fully saturated rings. The van der Waals surface area contributed by atoms with Crippen LogP contribution in [0.4, 0.5) is 0 Å². The van der Waals surface area contributed by atoms with Crippen LogP contribution in [0.2, 0.25) is 0 Å². The maximum Gasteiger partial charge on any atom is 1.00 e. The van der Waals surface area contributed by atoms with E-state index in [0.717, 1.165) is 22.3 Å². The van der Waals surface area contributed by atoms with Gasteiger partial charge in [-0.3, -0.25) is 0 Å². The molecule has 0 spiro atoms. The molecule has 0 heterocycles. The maximum absolute atomic E-state index is 10.8. The Labute approximate surface area is 281 Å². The third-order valence-corrected chi connectivity index (χ3v) is 7.42. The van der Waals surface area contributed by atoms with Gasteiger partial charge in [0.2, 0.25) is 0 Å². The summed E-state index contributed by atoms with van der Waals surface area (Å²) in [5.41, 5.74) is 3.74. The molecule has 1 atom stereocenters. The van der Waals surface area contributed by atoms with Gasteiger partial charge in [0.1, 0.15) is 11.2 Å². The molecular weight excluding hydrogens is 566 g/mol. The molecule has 0 aliphatic heterocycles. The topological polar surface area (TPSA) is 101 Å². The van der Waals surface area contributed by atoms with Crippen LogP contribution in [0.1, 0.15) is 76.3 Å². The second kappa shape index (κ2) is 17.2. The SMILES string of the molecule is CC.CC.CC1(O)c2ccccc2C(C)(O)c2ccccc21.Cc1c2ccccc2c(C)c2ccccc12.O=[P+]([O-])O.[H-].[Na+]. The molecule has 43 heavy (non-hydrogen) atoms. The molecule has 0 saturated carbocycles. The monoisotopic (exact) mass is 610 g/mol. The smallest absolute Gasteiger partial charge is 1.00 e. The Balaban J connectivity index is 0.000000660. The van der Waals surface area contributed by atoms with Gasteiger partial charge in [-0.15, -0.1) is 0 Å². The van der Waals surface area contributed by atoms with Gasteiger partial charge in [0.05, 0.1) is 0 Å². The van der Waals surface area contributed by atoms with Crippen LogP contribution < -0.4 is 34.5 Å². The van der Waals surface area contributed by atoms with Crippen LogP contribution in [0.25, 0.3) is 21.5 Å². The largest absolute Gasteiger partial charge is 1.00 e. The van der Waals surface area contributed by atoms with Crippen LogP contribution in [0.3, 0.4) is 0 Å². The van der Waals surface area contributed by atoms with E-state index in [1.54, 1.807) is 13.8 Å². The molecule has 0 bridgehead atoms. The van der Waals surface area contributed by atoms with Crippen molar-refractivity contribution >= 4 is 29.8 Å².